The van der Waals surface area contributed by atoms with Crippen LogP contribution in [0.25, 0.3) is 0 Å². The van der Waals surface area contributed by atoms with Crippen molar-refractivity contribution in [2.75, 3.05) is 18.5 Å². The van der Waals surface area contributed by atoms with E-state index in [1.807, 2.05) is 0 Å². The number of aliphatic hydroxyl groups excluding tert-OH is 1. The van der Waals surface area contributed by atoms with Crippen LogP contribution in [0.2, 0.25) is 0 Å². The molecule has 18 heavy (non-hydrogen) atoms. The highest BCUT2D eigenvalue weighted by atomic mass is 79.9. The lowest BCUT2D eigenvalue weighted by Crippen LogP contribution is -2.17. The molecule has 0 unspecified atom stereocenters. The molecule has 0 saturated heterocycles. The molecule has 1 fully saturated rings. The molecule has 0 aliphatic heterocycles. The third-order valence-corrected chi connectivity index (χ3v) is 4.13. The van der Waals surface area contributed by atoms with Crippen molar-refractivity contribution >= 4 is 27.6 Å². The van der Waals surface area contributed by atoms with Gasteiger partial charge in [-0.05, 0) is 58.8 Å². The maximum absolute atomic E-state index is 10.8. The summed E-state index contributed by atoms with van der Waals surface area (Å²) in [6, 6.07) is 4.94. The van der Waals surface area contributed by atoms with Crippen LogP contribution in [0.4, 0.5) is 5.69 Å². The summed E-state index contributed by atoms with van der Waals surface area (Å²) in [5, 5.41) is 21.2. The number of anilines is 1. The minimum atomic E-state index is -0.929. The molecule has 1 aliphatic rings. The lowest BCUT2D eigenvalue weighted by Gasteiger charge is -2.16. The highest BCUT2D eigenvalue weighted by Crippen LogP contribution is 2.48. The number of halogens is 1. The summed E-state index contributed by atoms with van der Waals surface area (Å²) >= 11 is 3.37. The largest absolute Gasteiger partial charge is 0.478 e. The van der Waals surface area contributed by atoms with Gasteiger partial charge in [0.25, 0.3) is 0 Å². The molecule has 0 heterocycles. The molecular weight excluding hydrogens is 298 g/mol. The third kappa shape index (κ3) is 3.03. The van der Waals surface area contributed by atoms with Crippen molar-refractivity contribution in [1.29, 1.82) is 0 Å². The van der Waals surface area contributed by atoms with Crippen molar-refractivity contribution in [2.24, 2.45) is 5.41 Å². The maximum Gasteiger partial charge on any atom is 0.335 e. The fourth-order valence-corrected chi connectivity index (χ4v) is 2.52. The third-order valence-electron chi connectivity index (χ3n) is 3.47. The van der Waals surface area contributed by atoms with Crippen LogP contribution < -0.4 is 5.32 Å². The predicted octanol–water partition coefficient (Wildman–Crippen LogP) is 2.72. The molecule has 0 spiro atoms. The standard InChI is InChI=1S/C13H16BrNO3/c14-10-7-9(12(17)18)1-2-11(10)15-8-13(3-4-13)5-6-16/h1-2,7,15-16H,3-6,8H2,(H,17,18). The Labute approximate surface area is 114 Å². The first-order valence-corrected chi connectivity index (χ1v) is 6.73. The average Bonchev–Trinajstić information content (AvgIpc) is 3.08. The highest BCUT2D eigenvalue weighted by Gasteiger charge is 2.41. The van der Waals surface area contributed by atoms with Crippen molar-refractivity contribution in [3.05, 3.63) is 28.2 Å². The summed E-state index contributed by atoms with van der Waals surface area (Å²) in [7, 11) is 0. The van der Waals surface area contributed by atoms with Crippen LogP contribution in [0.1, 0.15) is 29.6 Å². The fourth-order valence-electron chi connectivity index (χ4n) is 2.00. The van der Waals surface area contributed by atoms with Crippen molar-refractivity contribution in [3.8, 4) is 0 Å². The van der Waals surface area contributed by atoms with Gasteiger partial charge in [0.15, 0.2) is 0 Å². The molecule has 1 saturated carbocycles. The van der Waals surface area contributed by atoms with Crippen LogP contribution >= 0.6 is 15.9 Å². The summed E-state index contributed by atoms with van der Waals surface area (Å²) in [5.74, 6) is -0.929. The molecule has 1 aliphatic carbocycles. The Kier molecular flexibility index (Phi) is 3.92. The predicted molar refractivity (Wildman–Crippen MR) is 73.0 cm³/mol. The summed E-state index contributed by atoms with van der Waals surface area (Å²) in [6.07, 6.45) is 3.11. The number of carbonyl (C=O) groups is 1. The van der Waals surface area contributed by atoms with Gasteiger partial charge in [0.05, 0.1) is 5.56 Å². The molecule has 0 aromatic heterocycles. The smallest absolute Gasteiger partial charge is 0.335 e. The van der Waals surface area contributed by atoms with E-state index in [0.717, 1.165) is 36.0 Å². The quantitative estimate of drug-likeness (QED) is 0.755. The molecule has 1 aromatic carbocycles. The Morgan fingerprint density at radius 2 is 2.17 bits per heavy atom. The van der Waals surface area contributed by atoms with E-state index in [1.54, 1.807) is 18.2 Å². The van der Waals surface area contributed by atoms with Crippen molar-refractivity contribution in [3.63, 3.8) is 0 Å². The Hall–Kier alpha value is -1.07. The summed E-state index contributed by atoms with van der Waals surface area (Å²) in [5.41, 5.74) is 1.40. The van der Waals surface area contributed by atoms with Crippen LogP contribution in [0.15, 0.2) is 22.7 Å². The molecule has 4 nitrogen and oxygen atoms in total. The van der Waals surface area contributed by atoms with Gasteiger partial charge >= 0.3 is 5.97 Å². The van der Waals surface area contributed by atoms with Crippen LogP contribution in [-0.2, 0) is 0 Å². The molecule has 2 rings (SSSR count). The lowest BCUT2D eigenvalue weighted by molar-refractivity contribution is 0.0697. The van der Waals surface area contributed by atoms with Gasteiger partial charge in [0.2, 0.25) is 0 Å². The van der Waals surface area contributed by atoms with Gasteiger partial charge in [-0.1, -0.05) is 0 Å². The van der Waals surface area contributed by atoms with Gasteiger partial charge in [-0.2, -0.15) is 0 Å². The first kappa shape index (κ1) is 13.4. The van der Waals surface area contributed by atoms with Crippen LogP contribution in [0.3, 0.4) is 0 Å². The number of benzene rings is 1. The second-order valence-electron chi connectivity index (χ2n) is 4.83. The monoisotopic (exact) mass is 313 g/mol. The fraction of sp³-hybridized carbons (Fsp3) is 0.462. The molecule has 1 aromatic rings. The van der Waals surface area contributed by atoms with E-state index in [4.69, 9.17) is 10.2 Å². The second kappa shape index (κ2) is 5.28. The number of aromatic carboxylic acids is 1. The summed E-state index contributed by atoms with van der Waals surface area (Å²) in [6.45, 7) is 1.04. The van der Waals surface area contributed by atoms with E-state index < -0.39 is 5.97 Å². The normalized spacial score (nSPS) is 16.3. The number of hydrogen-bond donors (Lipinski definition) is 3. The van der Waals surface area contributed by atoms with Gasteiger partial charge < -0.3 is 15.5 Å². The van der Waals surface area contributed by atoms with E-state index in [9.17, 15) is 4.79 Å². The van der Waals surface area contributed by atoms with Crippen molar-refractivity contribution in [2.45, 2.75) is 19.3 Å². The number of aliphatic hydroxyl groups is 1. The number of hydrogen-bond acceptors (Lipinski definition) is 3. The van der Waals surface area contributed by atoms with Crippen LogP contribution in [0.5, 0.6) is 0 Å². The minimum Gasteiger partial charge on any atom is -0.478 e. The number of carboxylic acids is 1. The zero-order valence-electron chi connectivity index (χ0n) is 9.95. The Bertz CT molecular complexity index is 458. The van der Waals surface area contributed by atoms with E-state index >= 15 is 0 Å². The average molecular weight is 314 g/mol. The number of rotatable bonds is 6. The Morgan fingerprint density at radius 1 is 1.44 bits per heavy atom. The highest BCUT2D eigenvalue weighted by molar-refractivity contribution is 9.10. The van der Waals surface area contributed by atoms with Gasteiger partial charge in [-0.15, -0.1) is 0 Å². The zero-order chi connectivity index (χ0) is 13.2. The van der Waals surface area contributed by atoms with Gasteiger partial charge in [-0.3, -0.25) is 0 Å². The molecular formula is C13H16BrNO3. The number of nitrogens with one attached hydrogen (secondary N) is 1. The van der Waals surface area contributed by atoms with Crippen LogP contribution in [-0.4, -0.2) is 29.3 Å². The molecule has 0 bridgehead atoms. The zero-order valence-corrected chi connectivity index (χ0v) is 11.5. The topological polar surface area (TPSA) is 69.6 Å². The molecule has 0 radical (unpaired) electrons. The van der Waals surface area contributed by atoms with Gasteiger partial charge in [0.1, 0.15) is 0 Å². The second-order valence-corrected chi connectivity index (χ2v) is 5.68. The minimum absolute atomic E-state index is 0.223. The van der Waals surface area contributed by atoms with E-state index in [1.165, 1.54) is 0 Å². The Morgan fingerprint density at radius 3 is 2.67 bits per heavy atom. The summed E-state index contributed by atoms with van der Waals surface area (Å²) in [4.78, 5) is 10.8. The van der Waals surface area contributed by atoms with Crippen molar-refractivity contribution in [1.82, 2.24) is 0 Å². The first-order chi connectivity index (χ1) is 8.56. The molecule has 0 atom stereocenters. The first-order valence-electron chi connectivity index (χ1n) is 5.94. The SMILES string of the molecule is O=C(O)c1ccc(NCC2(CCO)CC2)c(Br)c1. The van der Waals surface area contributed by atoms with E-state index in [2.05, 4.69) is 21.2 Å². The Balaban J connectivity index is 2.00. The molecule has 0 amide bonds. The van der Waals surface area contributed by atoms with E-state index in [-0.39, 0.29) is 17.6 Å². The van der Waals surface area contributed by atoms with Gasteiger partial charge in [-0.25, -0.2) is 4.79 Å². The van der Waals surface area contributed by atoms with Gasteiger partial charge in [0, 0.05) is 23.3 Å². The van der Waals surface area contributed by atoms with Crippen molar-refractivity contribution < 1.29 is 15.0 Å². The summed E-state index contributed by atoms with van der Waals surface area (Å²) < 4.78 is 0.752. The maximum atomic E-state index is 10.8. The van der Waals surface area contributed by atoms with Crippen LogP contribution in [0, 0.1) is 5.41 Å². The molecule has 3 N–H and O–H groups in total. The van der Waals surface area contributed by atoms with E-state index in [0.29, 0.717) is 0 Å². The molecule has 5 heteroatoms. The molecule has 98 valence electrons. The lowest BCUT2D eigenvalue weighted by atomic mass is 10.0. The number of carboxylic acid groups (broad SMARTS) is 1.